The topological polar surface area (TPSA) is 100 Å². The molecule has 0 aliphatic rings. The van der Waals surface area contributed by atoms with Gasteiger partial charge in [-0.3, -0.25) is 4.79 Å². The molecule has 0 amide bonds. The van der Waals surface area contributed by atoms with Crippen LogP contribution in [0.1, 0.15) is 6.92 Å². The number of aromatic nitrogens is 3. The molecule has 0 aromatic carbocycles. The molecule has 0 bridgehead atoms. The van der Waals surface area contributed by atoms with Gasteiger partial charge in [0, 0.05) is 24.4 Å². The minimum absolute atomic E-state index is 0.0912. The van der Waals surface area contributed by atoms with Crippen LogP contribution >= 0.6 is 0 Å². The van der Waals surface area contributed by atoms with Crippen molar-refractivity contribution in [3.8, 4) is 34.0 Å². The molecular formula is C19H16N4O3. The normalized spacial score (nSPS) is 11.0. The van der Waals surface area contributed by atoms with Crippen LogP contribution in [0.3, 0.4) is 0 Å². The highest BCUT2D eigenvalue weighted by molar-refractivity contribution is 5.89. The molecule has 7 heteroatoms. The third-order valence-corrected chi connectivity index (χ3v) is 4.06. The van der Waals surface area contributed by atoms with Gasteiger partial charge in [0.15, 0.2) is 11.5 Å². The van der Waals surface area contributed by atoms with Gasteiger partial charge in [0.2, 0.25) is 5.95 Å². The Morgan fingerprint density at radius 2 is 1.65 bits per heavy atom. The van der Waals surface area contributed by atoms with E-state index >= 15 is 0 Å². The lowest BCUT2D eigenvalue weighted by molar-refractivity contribution is 0.577. The van der Waals surface area contributed by atoms with E-state index in [9.17, 15) is 4.79 Å². The number of hydrogen-bond acceptors (Lipinski definition) is 6. The van der Waals surface area contributed by atoms with Gasteiger partial charge in [-0.05, 0) is 42.8 Å². The Morgan fingerprint density at radius 1 is 1.04 bits per heavy atom. The number of rotatable bonds is 4. The van der Waals surface area contributed by atoms with E-state index < -0.39 is 0 Å². The summed E-state index contributed by atoms with van der Waals surface area (Å²) >= 11 is 0. The standard InChI is InChI=1S/C19H16N4O3/c1-2-23-8-7-12(11-15(23)24)16-17(13-5-3-9-25-13)21-19(20)22-18(16)14-6-4-10-26-14/h3-11H,2H2,1H3,(H2,20,21,22). The van der Waals surface area contributed by atoms with Crippen LogP contribution in [0.25, 0.3) is 34.0 Å². The fourth-order valence-electron chi connectivity index (χ4n) is 2.86. The molecule has 0 aliphatic heterocycles. The molecule has 0 unspecified atom stereocenters. The summed E-state index contributed by atoms with van der Waals surface area (Å²) in [6, 6.07) is 10.5. The Hall–Kier alpha value is -3.61. The Labute approximate surface area is 148 Å². The molecule has 0 spiro atoms. The van der Waals surface area contributed by atoms with Gasteiger partial charge in [0.25, 0.3) is 5.56 Å². The maximum atomic E-state index is 12.4. The number of nitrogen functional groups attached to an aromatic ring is 1. The molecule has 4 aromatic rings. The van der Waals surface area contributed by atoms with E-state index in [1.54, 1.807) is 53.6 Å². The van der Waals surface area contributed by atoms with Crippen molar-refractivity contribution < 1.29 is 8.83 Å². The van der Waals surface area contributed by atoms with E-state index in [-0.39, 0.29) is 11.5 Å². The largest absolute Gasteiger partial charge is 0.463 e. The second-order valence-corrected chi connectivity index (χ2v) is 5.65. The summed E-state index contributed by atoms with van der Waals surface area (Å²) in [6.45, 7) is 2.50. The molecule has 26 heavy (non-hydrogen) atoms. The third kappa shape index (κ3) is 2.69. The highest BCUT2D eigenvalue weighted by Gasteiger charge is 2.21. The number of anilines is 1. The van der Waals surface area contributed by atoms with Gasteiger partial charge in [0.05, 0.1) is 12.5 Å². The van der Waals surface area contributed by atoms with Crippen LogP contribution in [0.2, 0.25) is 0 Å². The van der Waals surface area contributed by atoms with Crippen molar-refractivity contribution in [1.29, 1.82) is 0 Å². The molecule has 0 saturated carbocycles. The summed E-state index contributed by atoms with van der Waals surface area (Å²) in [4.78, 5) is 21.1. The first-order valence-electron chi connectivity index (χ1n) is 8.13. The summed E-state index contributed by atoms with van der Waals surface area (Å²) in [5.41, 5.74) is 8.11. The van der Waals surface area contributed by atoms with Crippen molar-refractivity contribution in [2.75, 3.05) is 5.73 Å². The maximum Gasteiger partial charge on any atom is 0.251 e. The van der Waals surface area contributed by atoms with Crippen LogP contribution in [-0.4, -0.2) is 14.5 Å². The summed E-state index contributed by atoms with van der Waals surface area (Å²) in [5.74, 6) is 1.15. The summed E-state index contributed by atoms with van der Waals surface area (Å²) in [7, 11) is 0. The van der Waals surface area contributed by atoms with Gasteiger partial charge in [0.1, 0.15) is 11.4 Å². The van der Waals surface area contributed by atoms with E-state index in [1.807, 2.05) is 13.0 Å². The zero-order valence-corrected chi connectivity index (χ0v) is 14.0. The fourth-order valence-corrected chi connectivity index (χ4v) is 2.86. The minimum atomic E-state index is -0.113. The number of furan rings is 2. The average molecular weight is 348 g/mol. The van der Waals surface area contributed by atoms with Crippen LogP contribution < -0.4 is 11.3 Å². The summed E-state index contributed by atoms with van der Waals surface area (Å²) in [5, 5.41) is 0. The first-order chi connectivity index (χ1) is 12.7. The smallest absolute Gasteiger partial charge is 0.251 e. The molecule has 0 atom stereocenters. The lowest BCUT2D eigenvalue weighted by Gasteiger charge is -2.13. The molecule has 4 heterocycles. The molecule has 130 valence electrons. The van der Waals surface area contributed by atoms with Crippen LogP contribution in [-0.2, 0) is 6.54 Å². The van der Waals surface area contributed by atoms with E-state index in [1.165, 1.54) is 0 Å². The van der Waals surface area contributed by atoms with Crippen LogP contribution in [0.5, 0.6) is 0 Å². The van der Waals surface area contributed by atoms with Crippen molar-refractivity contribution >= 4 is 5.95 Å². The van der Waals surface area contributed by atoms with Crippen molar-refractivity contribution in [2.45, 2.75) is 13.5 Å². The van der Waals surface area contributed by atoms with Crippen molar-refractivity contribution in [3.63, 3.8) is 0 Å². The molecule has 0 saturated heterocycles. The Balaban J connectivity index is 2.05. The van der Waals surface area contributed by atoms with E-state index in [2.05, 4.69) is 9.97 Å². The number of aryl methyl sites for hydroxylation is 1. The Bertz CT molecular complexity index is 1040. The minimum Gasteiger partial charge on any atom is -0.463 e. The molecule has 0 radical (unpaired) electrons. The first kappa shape index (κ1) is 15.9. The second kappa shape index (κ2) is 6.36. The lowest BCUT2D eigenvalue weighted by Crippen LogP contribution is -2.17. The van der Waals surface area contributed by atoms with Gasteiger partial charge in [-0.15, -0.1) is 0 Å². The third-order valence-electron chi connectivity index (χ3n) is 4.06. The van der Waals surface area contributed by atoms with Gasteiger partial charge >= 0.3 is 0 Å². The van der Waals surface area contributed by atoms with Crippen molar-refractivity contribution in [3.05, 3.63) is 65.5 Å². The lowest BCUT2D eigenvalue weighted by atomic mass is 10.00. The van der Waals surface area contributed by atoms with Crippen LogP contribution in [0, 0.1) is 0 Å². The monoisotopic (exact) mass is 348 g/mol. The predicted molar refractivity (Wildman–Crippen MR) is 97.2 cm³/mol. The van der Waals surface area contributed by atoms with Gasteiger partial charge in [-0.1, -0.05) is 0 Å². The van der Waals surface area contributed by atoms with Gasteiger partial charge in [-0.25, -0.2) is 9.97 Å². The molecule has 4 rings (SSSR count). The number of hydrogen-bond donors (Lipinski definition) is 1. The van der Waals surface area contributed by atoms with E-state index in [0.29, 0.717) is 40.6 Å². The zero-order valence-electron chi connectivity index (χ0n) is 14.0. The van der Waals surface area contributed by atoms with E-state index in [0.717, 1.165) is 0 Å². The number of pyridine rings is 1. The van der Waals surface area contributed by atoms with Crippen molar-refractivity contribution in [2.24, 2.45) is 0 Å². The molecule has 2 N–H and O–H groups in total. The van der Waals surface area contributed by atoms with Crippen molar-refractivity contribution in [1.82, 2.24) is 14.5 Å². The molecular weight excluding hydrogens is 332 g/mol. The van der Waals surface area contributed by atoms with Crippen LogP contribution in [0.4, 0.5) is 5.95 Å². The highest BCUT2D eigenvalue weighted by Crippen LogP contribution is 2.38. The number of nitrogens with zero attached hydrogens (tertiary/aromatic N) is 3. The SMILES string of the molecule is CCn1ccc(-c2c(-c3ccco3)nc(N)nc2-c2ccco2)cc1=O. The Kier molecular flexibility index (Phi) is 3.89. The predicted octanol–water partition coefficient (Wildman–Crippen LogP) is 3.43. The second-order valence-electron chi connectivity index (χ2n) is 5.65. The highest BCUT2D eigenvalue weighted by atomic mass is 16.3. The van der Waals surface area contributed by atoms with Crippen LogP contribution in [0.15, 0.2) is 68.8 Å². The fraction of sp³-hybridized carbons (Fsp3) is 0.105. The Morgan fingerprint density at radius 3 is 2.12 bits per heavy atom. The molecule has 7 nitrogen and oxygen atoms in total. The maximum absolute atomic E-state index is 12.4. The van der Waals surface area contributed by atoms with Gasteiger partial charge in [-0.2, -0.15) is 0 Å². The first-order valence-corrected chi connectivity index (χ1v) is 8.13. The van der Waals surface area contributed by atoms with E-state index in [4.69, 9.17) is 14.6 Å². The molecule has 0 aliphatic carbocycles. The van der Waals surface area contributed by atoms with Gasteiger partial charge < -0.3 is 19.1 Å². The number of nitrogens with two attached hydrogens (primary N) is 1. The molecule has 4 aromatic heterocycles. The summed E-state index contributed by atoms with van der Waals surface area (Å²) in [6.07, 6.45) is 4.85. The average Bonchev–Trinajstić information content (AvgIpc) is 3.34. The quantitative estimate of drug-likeness (QED) is 0.606. The molecule has 0 fully saturated rings. The summed E-state index contributed by atoms with van der Waals surface area (Å²) < 4.78 is 12.7. The zero-order chi connectivity index (χ0) is 18.1.